The van der Waals surface area contributed by atoms with E-state index in [4.69, 9.17) is 4.74 Å². The number of esters is 3. The van der Waals surface area contributed by atoms with Gasteiger partial charge in [-0.05, 0) is 19.3 Å². The fourth-order valence-electron chi connectivity index (χ4n) is 2.65. The van der Waals surface area contributed by atoms with Crippen molar-refractivity contribution in [3.63, 3.8) is 0 Å². The maximum Gasteiger partial charge on any atom is 0.320 e. The summed E-state index contributed by atoms with van der Waals surface area (Å²) in [4.78, 5) is 34.6. The maximum atomic E-state index is 11.6. The third kappa shape index (κ3) is 4.29. The molecule has 0 aromatic rings. The molecule has 0 aromatic carbocycles. The number of carbonyl (C=O) groups excluding carboxylic acids is 3. The van der Waals surface area contributed by atoms with E-state index in [1.807, 2.05) is 0 Å². The zero-order chi connectivity index (χ0) is 16.2. The van der Waals surface area contributed by atoms with Crippen molar-refractivity contribution in [2.75, 3.05) is 14.2 Å². The van der Waals surface area contributed by atoms with E-state index in [9.17, 15) is 14.4 Å². The number of carbonyl (C=O) groups is 3. The molecule has 1 aliphatic rings. The molecule has 0 N–H and O–H groups in total. The molecule has 0 amide bonds. The molecule has 1 rings (SSSR count). The first-order valence-corrected chi connectivity index (χ1v) is 10.7. The fraction of sp³-hybridized carbons (Fsp3) is 0.786. The SMILES string of the molecule is COC(=O)C(CCCC1OC(=O)C1[Si](C)(C)C)C(=O)OC. The van der Waals surface area contributed by atoms with Crippen LogP contribution in [-0.4, -0.2) is 46.3 Å². The highest BCUT2D eigenvalue weighted by Gasteiger charge is 2.49. The lowest BCUT2D eigenvalue weighted by Gasteiger charge is -2.42. The van der Waals surface area contributed by atoms with Crippen LogP contribution in [0.2, 0.25) is 25.2 Å². The van der Waals surface area contributed by atoms with E-state index in [0.717, 1.165) is 0 Å². The van der Waals surface area contributed by atoms with Crippen LogP contribution in [0.25, 0.3) is 0 Å². The predicted molar refractivity (Wildman–Crippen MR) is 78.3 cm³/mol. The van der Waals surface area contributed by atoms with Gasteiger partial charge in [0.15, 0.2) is 5.92 Å². The molecule has 1 saturated heterocycles. The van der Waals surface area contributed by atoms with Gasteiger partial charge in [-0.25, -0.2) is 0 Å². The average Bonchev–Trinajstić information content (AvgIpc) is 2.38. The van der Waals surface area contributed by atoms with Gasteiger partial charge in [0.25, 0.3) is 0 Å². The Morgan fingerprint density at radius 3 is 2.10 bits per heavy atom. The Morgan fingerprint density at radius 2 is 1.71 bits per heavy atom. The molecule has 6 nitrogen and oxygen atoms in total. The van der Waals surface area contributed by atoms with Crippen molar-refractivity contribution >= 4 is 26.0 Å². The molecule has 0 aliphatic carbocycles. The van der Waals surface area contributed by atoms with Crippen molar-refractivity contribution in [3.05, 3.63) is 0 Å². The summed E-state index contributed by atoms with van der Waals surface area (Å²) < 4.78 is 14.4. The Morgan fingerprint density at radius 1 is 1.19 bits per heavy atom. The van der Waals surface area contributed by atoms with Gasteiger partial charge in [0, 0.05) is 0 Å². The minimum absolute atomic E-state index is 0.00667. The van der Waals surface area contributed by atoms with Crippen molar-refractivity contribution in [2.24, 2.45) is 5.92 Å². The summed E-state index contributed by atoms with van der Waals surface area (Å²) in [5.41, 5.74) is 0.00667. The monoisotopic (exact) mass is 316 g/mol. The molecule has 120 valence electrons. The van der Waals surface area contributed by atoms with Crippen LogP contribution in [0.5, 0.6) is 0 Å². The molecular formula is C14H24O6Si. The minimum Gasteiger partial charge on any atom is -0.468 e. The molecule has 21 heavy (non-hydrogen) atoms. The van der Waals surface area contributed by atoms with E-state index in [0.29, 0.717) is 19.3 Å². The van der Waals surface area contributed by atoms with Crippen LogP contribution in [0.3, 0.4) is 0 Å². The molecule has 0 bridgehead atoms. The minimum atomic E-state index is -1.59. The Balaban J connectivity index is 2.50. The van der Waals surface area contributed by atoms with Crippen LogP contribution in [-0.2, 0) is 28.6 Å². The molecular weight excluding hydrogens is 292 g/mol. The van der Waals surface area contributed by atoms with Crippen LogP contribution in [0.4, 0.5) is 0 Å². The lowest BCUT2D eigenvalue weighted by molar-refractivity contribution is -0.171. The molecule has 1 aliphatic heterocycles. The van der Waals surface area contributed by atoms with Crippen LogP contribution in [0.1, 0.15) is 19.3 Å². The second kappa shape index (κ2) is 7.06. The van der Waals surface area contributed by atoms with Crippen LogP contribution in [0.15, 0.2) is 0 Å². The number of hydrogen-bond donors (Lipinski definition) is 0. The summed E-state index contributed by atoms with van der Waals surface area (Å²) in [5.74, 6) is -2.19. The van der Waals surface area contributed by atoms with E-state index in [1.165, 1.54) is 14.2 Å². The first kappa shape index (κ1) is 17.7. The standard InChI is InChI=1S/C14H24O6Si/c1-18-12(15)9(13(16)19-2)7-6-8-10-11(14(17)20-10)21(3,4)5/h9-11H,6-8H2,1-5H3. The predicted octanol–water partition coefficient (Wildman–Crippen LogP) is 1.75. The first-order valence-electron chi connectivity index (χ1n) is 7.08. The van der Waals surface area contributed by atoms with Gasteiger partial charge in [-0.3, -0.25) is 14.4 Å². The molecule has 0 spiro atoms. The van der Waals surface area contributed by atoms with E-state index in [-0.39, 0.29) is 17.6 Å². The molecule has 0 radical (unpaired) electrons. The third-order valence-electron chi connectivity index (χ3n) is 3.78. The third-order valence-corrected chi connectivity index (χ3v) is 6.25. The van der Waals surface area contributed by atoms with E-state index in [1.54, 1.807) is 0 Å². The molecule has 1 fully saturated rings. The van der Waals surface area contributed by atoms with Gasteiger partial charge in [0.1, 0.15) is 6.10 Å². The molecule has 2 unspecified atom stereocenters. The molecule has 0 aromatic heterocycles. The number of ether oxygens (including phenoxy) is 3. The quantitative estimate of drug-likeness (QED) is 0.308. The number of cyclic esters (lactones) is 1. The van der Waals surface area contributed by atoms with Gasteiger partial charge >= 0.3 is 17.9 Å². The van der Waals surface area contributed by atoms with Gasteiger partial charge in [0.05, 0.1) is 27.8 Å². The lowest BCUT2D eigenvalue weighted by atomic mass is 9.98. The summed E-state index contributed by atoms with van der Waals surface area (Å²) in [7, 11) is 0.894. The highest BCUT2D eigenvalue weighted by Crippen LogP contribution is 2.39. The number of rotatable bonds is 7. The van der Waals surface area contributed by atoms with Gasteiger partial charge in [0.2, 0.25) is 0 Å². The first-order chi connectivity index (χ1) is 9.72. The Kier molecular flexibility index (Phi) is 5.95. The second-order valence-electron chi connectivity index (χ2n) is 6.35. The van der Waals surface area contributed by atoms with Crippen molar-refractivity contribution < 1.29 is 28.6 Å². The van der Waals surface area contributed by atoms with E-state index < -0.39 is 25.9 Å². The van der Waals surface area contributed by atoms with Gasteiger partial charge in [-0.15, -0.1) is 0 Å². The zero-order valence-corrected chi connectivity index (χ0v) is 14.3. The largest absolute Gasteiger partial charge is 0.468 e. The highest BCUT2D eigenvalue weighted by atomic mass is 28.3. The Hall–Kier alpha value is -1.37. The van der Waals surface area contributed by atoms with Crippen molar-refractivity contribution in [1.82, 2.24) is 0 Å². The average molecular weight is 316 g/mol. The molecule has 2 atom stereocenters. The molecule has 0 saturated carbocycles. The van der Waals surface area contributed by atoms with Crippen LogP contribution >= 0.6 is 0 Å². The smallest absolute Gasteiger partial charge is 0.320 e. The summed E-state index contributed by atoms with van der Waals surface area (Å²) in [6.45, 7) is 6.41. The topological polar surface area (TPSA) is 78.9 Å². The number of hydrogen-bond acceptors (Lipinski definition) is 6. The fourth-order valence-corrected chi connectivity index (χ4v) is 4.77. The van der Waals surface area contributed by atoms with Gasteiger partial charge in [-0.2, -0.15) is 0 Å². The van der Waals surface area contributed by atoms with E-state index >= 15 is 0 Å². The lowest BCUT2D eigenvalue weighted by Crippen LogP contribution is -2.52. The Labute approximate surface area is 126 Å². The summed E-state index contributed by atoms with van der Waals surface area (Å²) in [6.07, 6.45) is 1.52. The van der Waals surface area contributed by atoms with Crippen molar-refractivity contribution in [1.29, 1.82) is 0 Å². The van der Waals surface area contributed by atoms with Gasteiger partial charge < -0.3 is 14.2 Å². The Bertz CT molecular complexity index is 398. The highest BCUT2D eigenvalue weighted by molar-refractivity contribution is 6.81. The summed E-state index contributed by atoms with van der Waals surface area (Å²) in [6, 6.07) is 0. The van der Waals surface area contributed by atoms with E-state index in [2.05, 4.69) is 29.1 Å². The summed E-state index contributed by atoms with van der Waals surface area (Å²) in [5, 5.41) is 0. The van der Waals surface area contributed by atoms with Crippen molar-refractivity contribution in [2.45, 2.75) is 50.5 Å². The van der Waals surface area contributed by atoms with Crippen LogP contribution in [0, 0.1) is 5.92 Å². The molecule has 1 heterocycles. The van der Waals surface area contributed by atoms with Crippen LogP contribution < -0.4 is 0 Å². The summed E-state index contributed by atoms with van der Waals surface area (Å²) >= 11 is 0. The van der Waals surface area contributed by atoms with Crippen molar-refractivity contribution in [3.8, 4) is 0 Å². The normalized spacial score (nSPS) is 21.5. The zero-order valence-electron chi connectivity index (χ0n) is 13.3. The maximum absolute atomic E-state index is 11.6. The second-order valence-corrected chi connectivity index (χ2v) is 11.7. The molecule has 7 heteroatoms. The number of methoxy groups -OCH3 is 2. The van der Waals surface area contributed by atoms with Gasteiger partial charge in [-0.1, -0.05) is 19.6 Å².